The Morgan fingerprint density at radius 2 is 1.27 bits per heavy atom. The smallest absolute Gasteiger partial charge is 0.402 e. The SMILES string of the molecule is O=C(C=Cc1ccccc1)C(=Cc1ccccc1)OC(OS(=O)(=O)O)OS(=O)(=O)O. The summed E-state index contributed by atoms with van der Waals surface area (Å²) in [6.07, 6.45) is 3.64. The lowest BCUT2D eigenvalue weighted by molar-refractivity contribution is -0.178. The minimum Gasteiger partial charge on any atom is -0.435 e. The molecule has 0 fully saturated rings. The zero-order chi connectivity index (χ0) is 22.2. The first-order chi connectivity index (χ1) is 14.0. The number of allylic oxidation sites excluding steroid dienone is 1. The van der Waals surface area contributed by atoms with Crippen LogP contribution in [0.2, 0.25) is 0 Å². The van der Waals surface area contributed by atoms with Crippen molar-refractivity contribution in [3.05, 3.63) is 83.6 Å². The van der Waals surface area contributed by atoms with Gasteiger partial charge in [-0.15, -0.1) is 0 Å². The molecule has 0 bridgehead atoms. The zero-order valence-corrected chi connectivity index (χ0v) is 16.7. The topological polar surface area (TPSA) is 154 Å². The molecule has 2 N–H and O–H groups in total. The summed E-state index contributed by atoms with van der Waals surface area (Å²) in [5, 5.41) is 0. The summed E-state index contributed by atoms with van der Waals surface area (Å²) in [4.78, 5) is 12.6. The van der Waals surface area contributed by atoms with Crippen LogP contribution in [0.5, 0.6) is 0 Å². The maximum absolute atomic E-state index is 12.6. The lowest BCUT2D eigenvalue weighted by Crippen LogP contribution is -2.28. The van der Waals surface area contributed by atoms with Gasteiger partial charge in [0.2, 0.25) is 5.78 Å². The summed E-state index contributed by atoms with van der Waals surface area (Å²) in [6.45, 7) is -2.71. The van der Waals surface area contributed by atoms with Crippen molar-refractivity contribution in [1.82, 2.24) is 0 Å². The van der Waals surface area contributed by atoms with E-state index in [1.165, 1.54) is 6.08 Å². The van der Waals surface area contributed by atoms with Gasteiger partial charge in [0.15, 0.2) is 5.76 Å². The van der Waals surface area contributed by atoms with Crippen LogP contribution in [0.25, 0.3) is 12.2 Å². The average Bonchev–Trinajstić information content (AvgIpc) is 2.64. The summed E-state index contributed by atoms with van der Waals surface area (Å²) < 4.78 is 74.0. The highest BCUT2D eigenvalue weighted by Gasteiger charge is 2.28. The van der Waals surface area contributed by atoms with E-state index < -0.39 is 38.8 Å². The Balaban J connectivity index is 2.37. The molecule has 0 atom stereocenters. The van der Waals surface area contributed by atoms with Crippen molar-refractivity contribution in [2.75, 3.05) is 0 Å². The van der Waals surface area contributed by atoms with Gasteiger partial charge in [0.25, 0.3) is 0 Å². The molecular formula is C18H16O10S2. The van der Waals surface area contributed by atoms with Crippen molar-refractivity contribution in [1.29, 1.82) is 0 Å². The average molecular weight is 456 g/mol. The number of hydrogen-bond donors (Lipinski definition) is 2. The highest BCUT2D eigenvalue weighted by molar-refractivity contribution is 7.81. The molecule has 0 amide bonds. The largest absolute Gasteiger partial charge is 0.435 e. The van der Waals surface area contributed by atoms with Crippen LogP contribution in [0.4, 0.5) is 0 Å². The van der Waals surface area contributed by atoms with Gasteiger partial charge in [0, 0.05) is 0 Å². The van der Waals surface area contributed by atoms with Crippen LogP contribution in [0.15, 0.2) is 72.5 Å². The predicted molar refractivity (Wildman–Crippen MR) is 105 cm³/mol. The van der Waals surface area contributed by atoms with Crippen LogP contribution in [0.1, 0.15) is 11.1 Å². The molecule has 0 spiro atoms. The molecule has 0 aliphatic heterocycles. The first-order valence-corrected chi connectivity index (χ1v) is 10.8. The molecule has 10 nitrogen and oxygen atoms in total. The summed E-state index contributed by atoms with van der Waals surface area (Å²) in [6, 6.07) is 16.7. The monoisotopic (exact) mass is 456 g/mol. The first kappa shape index (κ1) is 23.4. The fourth-order valence-electron chi connectivity index (χ4n) is 2.04. The van der Waals surface area contributed by atoms with Gasteiger partial charge in [-0.05, 0) is 23.3 Å². The third-order valence-electron chi connectivity index (χ3n) is 3.19. The maximum Gasteiger partial charge on any atom is 0.402 e. The molecule has 0 saturated heterocycles. The molecule has 30 heavy (non-hydrogen) atoms. The number of benzene rings is 2. The molecule has 0 radical (unpaired) electrons. The molecule has 2 aromatic rings. The van der Waals surface area contributed by atoms with Crippen LogP contribution in [-0.4, -0.2) is 38.2 Å². The number of carbonyl (C=O) groups excluding carboxylic acids is 1. The second-order valence-electron chi connectivity index (χ2n) is 5.48. The minimum absolute atomic E-state index is 0.423. The molecular weight excluding hydrogens is 440 g/mol. The number of ketones is 1. The van der Waals surface area contributed by atoms with Gasteiger partial charge in [-0.25, -0.2) is 0 Å². The lowest BCUT2D eigenvalue weighted by Gasteiger charge is -2.16. The predicted octanol–water partition coefficient (Wildman–Crippen LogP) is 2.25. The minimum atomic E-state index is -5.28. The molecule has 2 aromatic carbocycles. The summed E-state index contributed by atoms with van der Waals surface area (Å²) in [5.41, 5.74) is 1.08. The second kappa shape index (κ2) is 10.2. The third kappa shape index (κ3) is 9.09. The number of ether oxygens (including phenoxy) is 1. The van der Waals surface area contributed by atoms with E-state index >= 15 is 0 Å². The quantitative estimate of drug-likeness (QED) is 0.235. The van der Waals surface area contributed by atoms with Crippen molar-refractivity contribution in [3.8, 4) is 0 Å². The van der Waals surface area contributed by atoms with Crippen LogP contribution >= 0.6 is 0 Å². The van der Waals surface area contributed by atoms with Gasteiger partial charge in [0.1, 0.15) is 0 Å². The molecule has 0 heterocycles. The molecule has 0 aliphatic rings. The van der Waals surface area contributed by atoms with Crippen molar-refractivity contribution >= 4 is 38.7 Å². The van der Waals surface area contributed by atoms with Gasteiger partial charge in [-0.3, -0.25) is 13.9 Å². The first-order valence-electron chi connectivity index (χ1n) is 8.04. The van der Waals surface area contributed by atoms with E-state index in [1.54, 1.807) is 60.7 Å². The second-order valence-corrected chi connectivity index (χ2v) is 7.58. The molecule has 160 valence electrons. The summed E-state index contributed by atoms with van der Waals surface area (Å²) in [5.74, 6) is -1.43. The van der Waals surface area contributed by atoms with Gasteiger partial charge >= 0.3 is 27.3 Å². The van der Waals surface area contributed by atoms with Gasteiger partial charge in [-0.2, -0.15) is 25.2 Å². The Bertz CT molecular complexity index is 1090. The van der Waals surface area contributed by atoms with E-state index in [0.29, 0.717) is 11.1 Å². The van der Waals surface area contributed by atoms with Gasteiger partial charge < -0.3 is 4.74 Å². The fourth-order valence-corrected chi connectivity index (χ4v) is 2.64. The Morgan fingerprint density at radius 1 is 0.800 bits per heavy atom. The standard InChI is InChI=1S/C18H16O10S2/c19-16(12-11-14-7-3-1-4-8-14)17(13-15-9-5-2-6-10-15)26-18(27-29(20,21)22)28-30(23,24)25/h1-13,18H,(H,20,21,22)(H,23,24,25). The van der Waals surface area contributed by atoms with Crippen molar-refractivity contribution in [2.45, 2.75) is 6.48 Å². The van der Waals surface area contributed by atoms with Crippen molar-refractivity contribution < 1.29 is 43.8 Å². The number of rotatable bonds is 10. The van der Waals surface area contributed by atoms with E-state index in [4.69, 9.17) is 13.8 Å². The molecule has 0 saturated carbocycles. The molecule has 0 aromatic heterocycles. The number of carbonyl (C=O) groups is 1. The zero-order valence-electron chi connectivity index (χ0n) is 15.1. The van der Waals surface area contributed by atoms with Crippen LogP contribution in [-0.2, 0) is 38.7 Å². The fraction of sp³-hybridized carbons (Fsp3) is 0.0556. The van der Waals surface area contributed by atoms with Crippen molar-refractivity contribution in [2.24, 2.45) is 0 Å². The lowest BCUT2D eigenvalue weighted by atomic mass is 10.1. The highest BCUT2D eigenvalue weighted by atomic mass is 32.3. The number of hydrogen-bond acceptors (Lipinski definition) is 8. The van der Waals surface area contributed by atoms with E-state index in [-0.39, 0.29) is 0 Å². The van der Waals surface area contributed by atoms with Crippen LogP contribution in [0, 0.1) is 0 Å². The van der Waals surface area contributed by atoms with Crippen molar-refractivity contribution in [3.63, 3.8) is 0 Å². The van der Waals surface area contributed by atoms with E-state index in [0.717, 1.165) is 12.2 Å². The highest BCUT2D eigenvalue weighted by Crippen LogP contribution is 2.16. The van der Waals surface area contributed by atoms with Gasteiger partial charge in [-0.1, -0.05) is 66.7 Å². The molecule has 2 rings (SSSR count). The van der Waals surface area contributed by atoms with E-state index in [9.17, 15) is 21.6 Å². The normalized spacial score (nSPS) is 13.0. The Hall–Kier alpha value is -2.87. The maximum atomic E-state index is 12.6. The Kier molecular flexibility index (Phi) is 8.00. The Labute approximate surface area is 172 Å². The Morgan fingerprint density at radius 3 is 1.73 bits per heavy atom. The van der Waals surface area contributed by atoms with Gasteiger partial charge in [0.05, 0.1) is 0 Å². The molecule has 12 heteroatoms. The van der Waals surface area contributed by atoms with E-state index in [2.05, 4.69) is 8.37 Å². The molecule has 0 unspecified atom stereocenters. The summed E-state index contributed by atoms with van der Waals surface area (Å²) in [7, 11) is -10.6. The van der Waals surface area contributed by atoms with E-state index in [1.807, 2.05) is 0 Å². The molecule has 0 aliphatic carbocycles. The van der Waals surface area contributed by atoms with Crippen LogP contribution in [0.3, 0.4) is 0 Å². The third-order valence-corrected chi connectivity index (χ3v) is 3.99. The van der Waals surface area contributed by atoms with Crippen LogP contribution < -0.4 is 0 Å². The summed E-state index contributed by atoms with van der Waals surface area (Å²) >= 11 is 0.